The van der Waals surface area contributed by atoms with Crippen LogP contribution in [-0.4, -0.2) is 48.3 Å². The average molecular weight is 547 g/mol. The van der Waals surface area contributed by atoms with Gasteiger partial charge in [-0.2, -0.15) is 0 Å². The topological polar surface area (TPSA) is 60.9 Å². The number of amides is 1. The van der Waals surface area contributed by atoms with Crippen molar-refractivity contribution in [2.45, 2.75) is 37.3 Å². The normalized spacial score (nSPS) is 20.0. The number of para-hydroxylation sites is 1. The molecule has 0 unspecified atom stereocenters. The first-order chi connectivity index (χ1) is 18.6. The maximum absolute atomic E-state index is 13.9. The van der Waals surface area contributed by atoms with E-state index in [0.29, 0.717) is 49.4 Å². The monoisotopic (exact) mass is 546 g/mol. The molecule has 2 fully saturated rings. The average Bonchev–Trinajstić information content (AvgIpc) is 3.45. The second-order valence-electron chi connectivity index (χ2n) is 10.2. The highest BCUT2D eigenvalue weighted by atomic mass is 35.5. The lowest BCUT2D eigenvalue weighted by Gasteiger charge is -2.26. The van der Waals surface area contributed by atoms with Gasteiger partial charge < -0.3 is 19.1 Å². The summed E-state index contributed by atoms with van der Waals surface area (Å²) in [6.45, 7) is 2.65. The van der Waals surface area contributed by atoms with E-state index in [4.69, 9.17) is 30.8 Å². The fourth-order valence-electron chi connectivity index (χ4n) is 5.47. The van der Waals surface area contributed by atoms with Gasteiger partial charge in [-0.1, -0.05) is 35.9 Å². The Bertz CT molecular complexity index is 1480. The number of aromatic nitrogens is 1. The Morgan fingerprint density at radius 3 is 2.71 bits per heavy atom. The molecule has 0 spiro atoms. The smallest absolute Gasteiger partial charge is 0.233 e. The third-order valence-corrected chi connectivity index (χ3v) is 9.00. The minimum atomic E-state index is -0.472. The van der Waals surface area contributed by atoms with Crippen molar-refractivity contribution < 1.29 is 19.0 Å². The number of rotatable bonds is 5. The molecule has 1 amide bonds. The molecule has 6 nitrogen and oxygen atoms in total. The Hall–Kier alpha value is -3.13. The minimum absolute atomic E-state index is 0.0195. The molecule has 1 saturated heterocycles. The fourth-order valence-corrected chi connectivity index (χ4v) is 6.55. The zero-order valence-corrected chi connectivity index (χ0v) is 22.4. The van der Waals surface area contributed by atoms with E-state index in [0.717, 1.165) is 51.2 Å². The summed E-state index contributed by atoms with van der Waals surface area (Å²) < 4.78 is 19.4. The van der Waals surface area contributed by atoms with E-state index in [9.17, 15) is 4.79 Å². The number of fused-ring (bicyclic) bond motifs is 2. The zero-order chi connectivity index (χ0) is 25.7. The number of ether oxygens (including phenoxy) is 3. The fraction of sp³-hybridized carbons (Fsp3) is 0.333. The maximum atomic E-state index is 13.9. The molecule has 3 aromatic carbocycles. The van der Waals surface area contributed by atoms with Gasteiger partial charge >= 0.3 is 0 Å². The summed E-state index contributed by atoms with van der Waals surface area (Å²) in [5.74, 6) is 1.56. The van der Waals surface area contributed by atoms with Crippen LogP contribution in [0.5, 0.6) is 11.5 Å². The summed E-state index contributed by atoms with van der Waals surface area (Å²) in [5, 5.41) is 1.60. The molecule has 2 aliphatic heterocycles. The first-order valence-corrected chi connectivity index (χ1v) is 14.2. The van der Waals surface area contributed by atoms with Crippen molar-refractivity contribution in [1.82, 2.24) is 9.88 Å². The highest BCUT2D eigenvalue weighted by Crippen LogP contribution is 2.50. The highest BCUT2D eigenvalue weighted by Gasteiger charge is 2.53. The van der Waals surface area contributed by atoms with Gasteiger partial charge in [-0.05, 0) is 54.8 Å². The van der Waals surface area contributed by atoms with Crippen LogP contribution in [0.1, 0.15) is 30.4 Å². The molecule has 1 aliphatic carbocycles. The number of nitrogens with zero attached hydrogens (tertiary/aromatic N) is 2. The van der Waals surface area contributed by atoms with Crippen molar-refractivity contribution in [3.8, 4) is 22.1 Å². The molecule has 0 radical (unpaired) electrons. The molecule has 3 heterocycles. The van der Waals surface area contributed by atoms with E-state index in [-0.39, 0.29) is 12.0 Å². The number of halogens is 1. The second kappa shape index (κ2) is 9.56. The summed E-state index contributed by atoms with van der Waals surface area (Å²) in [6, 6.07) is 20.0. The van der Waals surface area contributed by atoms with Crippen LogP contribution in [0.2, 0.25) is 5.02 Å². The van der Waals surface area contributed by atoms with Crippen LogP contribution in [0.25, 0.3) is 20.8 Å². The molecule has 8 heteroatoms. The molecule has 7 rings (SSSR count). The summed E-state index contributed by atoms with van der Waals surface area (Å²) in [6.07, 6.45) is 2.52. The van der Waals surface area contributed by atoms with E-state index in [1.54, 1.807) is 11.3 Å². The molecule has 1 aromatic heterocycles. The van der Waals surface area contributed by atoms with Crippen LogP contribution in [0.3, 0.4) is 0 Å². The number of hydrogen-bond acceptors (Lipinski definition) is 6. The quantitative estimate of drug-likeness (QED) is 0.297. The van der Waals surface area contributed by atoms with Gasteiger partial charge in [0.2, 0.25) is 5.91 Å². The van der Waals surface area contributed by atoms with Gasteiger partial charge in [0.1, 0.15) is 17.7 Å². The second-order valence-corrected chi connectivity index (χ2v) is 11.7. The SMILES string of the molecule is O=C(N1CCOc2c(cc(-c3nc4ccccc4s3)cc2O[C@@H]2CCOC2)C1)C1(c2ccc(Cl)cc2)CC1. The van der Waals surface area contributed by atoms with Crippen molar-refractivity contribution in [3.63, 3.8) is 0 Å². The van der Waals surface area contributed by atoms with Gasteiger partial charge in [-0.3, -0.25) is 4.79 Å². The van der Waals surface area contributed by atoms with Gasteiger partial charge in [0.25, 0.3) is 0 Å². The Labute approximate surface area is 230 Å². The molecular weight excluding hydrogens is 520 g/mol. The molecule has 194 valence electrons. The summed E-state index contributed by atoms with van der Waals surface area (Å²) >= 11 is 7.77. The number of benzene rings is 3. The van der Waals surface area contributed by atoms with Crippen molar-refractivity contribution in [2.24, 2.45) is 0 Å². The van der Waals surface area contributed by atoms with E-state index < -0.39 is 5.41 Å². The predicted octanol–water partition coefficient (Wildman–Crippen LogP) is 6.24. The Kier molecular flexibility index (Phi) is 6.02. The summed E-state index contributed by atoms with van der Waals surface area (Å²) in [7, 11) is 0. The Morgan fingerprint density at radius 2 is 1.95 bits per heavy atom. The summed E-state index contributed by atoms with van der Waals surface area (Å²) in [5.41, 5.74) is 3.44. The maximum Gasteiger partial charge on any atom is 0.233 e. The Balaban J connectivity index is 1.26. The molecule has 4 aromatic rings. The van der Waals surface area contributed by atoms with Crippen LogP contribution in [0.15, 0.2) is 60.7 Å². The molecule has 1 saturated carbocycles. The van der Waals surface area contributed by atoms with Crippen LogP contribution in [0, 0.1) is 0 Å². The number of thiazole rings is 1. The van der Waals surface area contributed by atoms with Crippen LogP contribution in [-0.2, 0) is 21.5 Å². The lowest BCUT2D eigenvalue weighted by Crippen LogP contribution is -2.40. The van der Waals surface area contributed by atoms with Crippen LogP contribution in [0.4, 0.5) is 0 Å². The van der Waals surface area contributed by atoms with Crippen LogP contribution >= 0.6 is 22.9 Å². The molecule has 0 N–H and O–H groups in total. The molecular formula is C30H27ClN2O4S. The first-order valence-electron chi connectivity index (χ1n) is 13.0. The standard InChI is InChI=1S/C30H27ClN2O4S/c31-22-7-5-21(6-8-22)30(10-11-30)29(34)33-12-14-36-27-20(17-33)15-19(16-25(27)37-23-9-13-35-18-23)28-32-24-3-1-2-4-26(24)38-28/h1-8,15-16,23H,9-14,17-18H2/t23-/m1/s1. The van der Waals surface area contributed by atoms with Gasteiger partial charge in [0.15, 0.2) is 11.5 Å². The van der Waals surface area contributed by atoms with E-state index in [1.165, 1.54) is 0 Å². The molecule has 0 bridgehead atoms. The third-order valence-electron chi connectivity index (χ3n) is 7.67. The predicted molar refractivity (Wildman–Crippen MR) is 148 cm³/mol. The van der Waals surface area contributed by atoms with E-state index >= 15 is 0 Å². The van der Waals surface area contributed by atoms with Crippen LogP contribution < -0.4 is 9.47 Å². The van der Waals surface area contributed by atoms with Crippen molar-refractivity contribution >= 4 is 39.1 Å². The third kappa shape index (κ3) is 4.32. The summed E-state index contributed by atoms with van der Waals surface area (Å²) in [4.78, 5) is 20.8. The largest absolute Gasteiger partial charge is 0.487 e. The molecule has 38 heavy (non-hydrogen) atoms. The van der Waals surface area contributed by atoms with Gasteiger partial charge in [-0.25, -0.2) is 4.98 Å². The first kappa shape index (κ1) is 23.9. The van der Waals surface area contributed by atoms with E-state index in [1.807, 2.05) is 53.4 Å². The molecule has 3 aliphatic rings. The minimum Gasteiger partial charge on any atom is -0.487 e. The van der Waals surface area contributed by atoms with Crippen molar-refractivity contribution in [2.75, 3.05) is 26.4 Å². The lowest BCUT2D eigenvalue weighted by molar-refractivity contribution is -0.134. The molecule has 1 atom stereocenters. The number of carbonyl (C=O) groups excluding carboxylic acids is 1. The number of carbonyl (C=O) groups is 1. The number of hydrogen-bond donors (Lipinski definition) is 0. The Morgan fingerprint density at radius 1 is 1.11 bits per heavy atom. The van der Waals surface area contributed by atoms with E-state index in [2.05, 4.69) is 12.1 Å². The lowest BCUT2D eigenvalue weighted by atomic mass is 9.94. The van der Waals surface area contributed by atoms with Crippen molar-refractivity contribution in [1.29, 1.82) is 0 Å². The van der Waals surface area contributed by atoms with Gasteiger partial charge in [0.05, 0.1) is 35.4 Å². The van der Waals surface area contributed by atoms with Gasteiger partial charge in [-0.15, -0.1) is 11.3 Å². The zero-order valence-electron chi connectivity index (χ0n) is 20.8. The van der Waals surface area contributed by atoms with Crippen molar-refractivity contribution in [3.05, 3.63) is 76.8 Å². The van der Waals surface area contributed by atoms with Gasteiger partial charge in [0, 0.05) is 29.1 Å². The highest BCUT2D eigenvalue weighted by molar-refractivity contribution is 7.21.